The molecule has 4 nitrogen and oxygen atoms in total. The van der Waals surface area contributed by atoms with Crippen LogP contribution < -0.4 is 5.73 Å². The molecule has 1 aromatic carbocycles. The van der Waals surface area contributed by atoms with Crippen molar-refractivity contribution in [1.29, 1.82) is 0 Å². The van der Waals surface area contributed by atoms with Crippen LogP contribution in [0, 0.1) is 11.8 Å². The van der Waals surface area contributed by atoms with Crippen LogP contribution in [0.2, 0.25) is 5.02 Å². The van der Waals surface area contributed by atoms with E-state index in [1.165, 1.54) is 4.31 Å². The molecule has 1 aromatic rings. The van der Waals surface area contributed by atoms with Crippen molar-refractivity contribution in [2.75, 3.05) is 19.6 Å². The molecule has 2 N–H and O–H groups in total. The van der Waals surface area contributed by atoms with Crippen LogP contribution in [0.5, 0.6) is 0 Å². The number of sulfonamides is 1. The average Bonchev–Trinajstić information content (AvgIpc) is 2.39. The number of hydrogen-bond acceptors (Lipinski definition) is 3. The number of piperidine rings is 1. The molecule has 1 aliphatic rings. The summed E-state index contributed by atoms with van der Waals surface area (Å²) >= 11 is 5.79. The van der Waals surface area contributed by atoms with Gasteiger partial charge in [-0.3, -0.25) is 0 Å². The Kier molecular flexibility index (Phi) is 4.50. The lowest BCUT2D eigenvalue weighted by molar-refractivity contribution is 0.203. The summed E-state index contributed by atoms with van der Waals surface area (Å²) in [5.74, 6) is 0.706. The van der Waals surface area contributed by atoms with Gasteiger partial charge < -0.3 is 5.73 Å². The minimum Gasteiger partial charge on any atom is -0.330 e. The van der Waals surface area contributed by atoms with Crippen molar-refractivity contribution in [3.8, 4) is 0 Å². The highest BCUT2D eigenvalue weighted by atomic mass is 35.5. The van der Waals surface area contributed by atoms with Gasteiger partial charge in [-0.2, -0.15) is 4.31 Å². The third kappa shape index (κ3) is 3.11. The van der Waals surface area contributed by atoms with Crippen molar-refractivity contribution in [2.45, 2.75) is 18.2 Å². The number of halogens is 1. The number of nitrogens with two attached hydrogens (primary N) is 1. The van der Waals surface area contributed by atoms with Gasteiger partial charge in [0.15, 0.2) is 0 Å². The summed E-state index contributed by atoms with van der Waals surface area (Å²) in [6, 6.07) is 6.29. The van der Waals surface area contributed by atoms with Gasteiger partial charge in [0, 0.05) is 18.1 Å². The van der Waals surface area contributed by atoms with E-state index in [4.69, 9.17) is 17.3 Å². The lowest BCUT2D eigenvalue weighted by atomic mass is 9.88. The number of rotatable bonds is 3. The zero-order valence-electron chi connectivity index (χ0n) is 10.9. The maximum Gasteiger partial charge on any atom is 0.243 e. The third-order valence-corrected chi connectivity index (χ3v) is 5.96. The fourth-order valence-electron chi connectivity index (χ4n) is 2.40. The van der Waals surface area contributed by atoms with Crippen LogP contribution in [-0.2, 0) is 10.0 Å². The quantitative estimate of drug-likeness (QED) is 0.928. The molecule has 2 rings (SSSR count). The highest BCUT2D eigenvalue weighted by molar-refractivity contribution is 7.89. The smallest absolute Gasteiger partial charge is 0.243 e. The Morgan fingerprint density at radius 3 is 2.58 bits per heavy atom. The van der Waals surface area contributed by atoms with Crippen molar-refractivity contribution < 1.29 is 8.42 Å². The summed E-state index contributed by atoms with van der Waals surface area (Å²) in [5.41, 5.74) is 5.72. The highest BCUT2D eigenvalue weighted by Crippen LogP contribution is 2.27. The van der Waals surface area contributed by atoms with Crippen molar-refractivity contribution in [3.05, 3.63) is 29.3 Å². The molecular formula is C13H19ClN2O2S. The van der Waals surface area contributed by atoms with Gasteiger partial charge in [0.05, 0.1) is 4.90 Å². The van der Waals surface area contributed by atoms with Crippen molar-refractivity contribution >= 4 is 21.6 Å². The van der Waals surface area contributed by atoms with E-state index in [1.807, 2.05) is 0 Å². The molecule has 0 spiro atoms. The summed E-state index contributed by atoms with van der Waals surface area (Å²) in [7, 11) is -3.43. The Hall–Kier alpha value is -0.620. The van der Waals surface area contributed by atoms with Crippen LogP contribution in [0.1, 0.15) is 13.3 Å². The molecule has 106 valence electrons. The predicted octanol–water partition coefficient (Wildman–Crippen LogP) is 1.95. The van der Waals surface area contributed by atoms with E-state index < -0.39 is 10.0 Å². The zero-order chi connectivity index (χ0) is 14.0. The Bertz CT molecular complexity index is 530. The topological polar surface area (TPSA) is 63.4 Å². The third-order valence-electron chi connectivity index (χ3n) is 3.83. The molecule has 1 aliphatic heterocycles. The maximum atomic E-state index is 12.5. The first-order valence-corrected chi connectivity index (χ1v) is 8.22. The molecule has 0 saturated carbocycles. The molecular weight excluding hydrogens is 284 g/mol. The molecule has 0 amide bonds. The van der Waals surface area contributed by atoms with Gasteiger partial charge in [0.1, 0.15) is 0 Å². The molecule has 0 aromatic heterocycles. The van der Waals surface area contributed by atoms with Crippen LogP contribution in [0.25, 0.3) is 0 Å². The lowest BCUT2D eigenvalue weighted by Crippen LogP contribution is -2.45. The second kappa shape index (κ2) is 5.79. The number of benzene rings is 1. The van der Waals surface area contributed by atoms with Crippen LogP contribution in [-0.4, -0.2) is 32.4 Å². The van der Waals surface area contributed by atoms with Crippen molar-refractivity contribution in [2.24, 2.45) is 17.6 Å². The van der Waals surface area contributed by atoms with Gasteiger partial charge in [-0.15, -0.1) is 0 Å². The summed E-state index contributed by atoms with van der Waals surface area (Å²) in [6.45, 7) is 3.71. The molecule has 1 fully saturated rings. The van der Waals surface area contributed by atoms with Gasteiger partial charge in [0.2, 0.25) is 10.0 Å². The van der Waals surface area contributed by atoms with Gasteiger partial charge in [0.25, 0.3) is 0 Å². The van der Waals surface area contributed by atoms with E-state index in [-0.39, 0.29) is 5.92 Å². The minimum atomic E-state index is -3.43. The summed E-state index contributed by atoms with van der Waals surface area (Å²) in [6.07, 6.45) is 0.856. The first-order chi connectivity index (χ1) is 8.95. The monoisotopic (exact) mass is 302 g/mol. The van der Waals surface area contributed by atoms with Gasteiger partial charge in [-0.1, -0.05) is 18.5 Å². The number of hydrogen-bond donors (Lipinski definition) is 1. The van der Waals surface area contributed by atoms with Gasteiger partial charge in [-0.25, -0.2) is 8.42 Å². The van der Waals surface area contributed by atoms with Crippen LogP contribution in [0.4, 0.5) is 0 Å². The van der Waals surface area contributed by atoms with Gasteiger partial charge in [-0.05, 0) is 49.1 Å². The normalized spacial score (nSPS) is 25.4. The molecule has 6 heteroatoms. The second-order valence-corrected chi connectivity index (χ2v) is 7.45. The molecule has 0 aliphatic carbocycles. The fraction of sp³-hybridized carbons (Fsp3) is 0.538. The van der Waals surface area contributed by atoms with E-state index in [2.05, 4.69) is 6.92 Å². The zero-order valence-corrected chi connectivity index (χ0v) is 12.5. The summed E-state index contributed by atoms with van der Waals surface area (Å²) in [5, 5.41) is 0.533. The SMILES string of the molecule is CC1CCN(S(=O)(=O)c2ccc(Cl)cc2)CC1CN. The van der Waals surface area contributed by atoms with Crippen LogP contribution in [0.15, 0.2) is 29.2 Å². The first kappa shape index (κ1) is 14.8. The fourth-order valence-corrected chi connectivity index (χ4v) is 4.03. The average molecular weight is 303 g/mol. The standard InChI is InChI=1S/C13H19ClN2O2S/c1-10-6-7-16(9-11(10)8-15)19(17,18)13-4-2-12(14)3-5-13/h2-5,10-11H,6-9,15H2,1H3. The Balaban J connectivity index is 2.23. The Morgan fingerprint density at radius 1 is 1.37 bits per heavy atom. The van der Waals surface area contributed by atoms with E-state index in [9.17, 15) is 8.42 Å². The molecule has 1 heterocycles. The van der Waals surface area contributed by atoms with Crippen molar-refractivity contribution in [3.63, 3.8) is 0 Å². The molecule has 0 bridgehead atoms. The predicted molar refractivity (Wildman–Crippen MR) is 76.5 cm³/mol. The molecule has 2 unspecified atom stereocenters. The minimum absolute atomic E-state index is 0.232. The highest BCUT2D eigenvalue weighted by Gasteiger charge is 2.32. The lowest BCUT2D eigenvalue weighted by Gasteiger charge is -2.35. The Labute approximate surface area is 119 Å². The Morgan fingerprint density at radius 2 is 2.00 bits per heavy atom. The van der Waals surface area contributed by atoms with Crippen molar-refractivity contribution in [1.82, 2.24) is 4.31 Å². The number of nitrogens with zero attached hydrogens (tertiary/aromatic N) is 1. The van der Waals surface area contributed by atoms with E-state index in [1.54, 1.807) is 24.3 Å². The summed E-state index contributed by atoms with van der Waals surface area (Å²) < 4.78 is 26.6. The van der Waals surface area contributed by atoms with Crippen LogP contribution >= 0.6 is 11.6 Å². The molecule has 1 saturated heterocycles. The van der Waals surface area contributed by atoms with E-state index in [0.717, 1.165) is 6.42 Å². The van der Waals surface area contributed by atoms with Crippen LogP contribution in [0.3, 0.4) is 0 Å². The first-order valence-electron chi connectivity index (χ1n) is 6.41. The second-order valence-electron chi connectivity index (χ2n) is 5.08. The van der Waals surface area contributed by atoms with E-state index >= 15 is 0 Å². The molecule has 2 atom stereocenters. The summed E-state index contributed by atoms with van der Waals surface area (Å²) in [4.78, 5) is 0.294. The van der Waals surface area contributed by atoms with Gasteiger partial charge >= 0.3 is 0 Å². The molecule has 0 radical (unpaired) electrons. The largest absolute Gasteiger partial charge is 0.330 e. The maximum absolute atomic E-state index is 12.5. The molecule has 19 heavy (non-hydrogen) atoms. The van der Waals surface area contributed by atoms with E-state index in [0.29, 0.717) is 35.5 Å².